The van der Waals surface area contributed by atoms with Crippen molar-refractivity contribution in [3.8, 4) is 0 Å². The molecule has 2 atom stereocenters. The standard InChI is InChI=1S/C21H27N3O/c1-5-24(13(2)3)21(25)15-9-17-16-7-6-8-18-20(16)14(11-22-18)10-19(17)23(4)12-15/h6-9,11,13,15,19,22H,5,10,12H2,1-4H3/t15?,19-/m1/s1. The number of nitrogens with zero attached hydrogens (tertiary/aromatic N) is 2. The normalized spacial score (nSPS) is 22.8. The van der Waals surface area contributed by atoms with Crippen molar-refractivity contribution in [2.24, 2.45) is 5.92 Å². The Balaban J connectivity index is 1.78. The summed E-state index contributed by atoms with van der Waals surface area (Å²) in [6.45, 7) is 7.81. The summed E-state index contributed by atoms with van der Waals surface area (Å²) in [6, 6.07) is 7.06. The van der Waals surface area contributed by atoms with Crippen LogP contribution in [0.1, 0.15) is 31.9 Å². The molecule has 1 aromatic heterocycles. The molecule has 1 aliphatic heterocycles. The monoisotopic (exact) mass is 337 g/mol. The average molecular weight is 337 g/mol. The molecule has 2 aliphatic rings. The van der Waals surface area contributed by atoms with Gasteiger partial charge in [0, 0.05) is 42.3 Å². The third kappa shape index (κ3) is 2.51. The number of likely N-dealkylation sites (N-methyl/N-ethyl adjacent to an activating group) is 1. The minimum absolute atomic E-state index is 0.0608. The number of amides is 1. The number of H-pyrrole nitrogens is 1. The third-order valence-corrected chi connectivity index (χ3v) is 5.83. The van der Waals surface area contributed by atoms with Crippen LogP contribution in [-0.4, -0.2) is 52.9 Å². The fourth-order valence-electron chi connectivity index (χ4n) is 4.59. The van der Waals surface area contributed by atoms with Gasteiger partial charge in [-0.25, -0.2) is 0 Å². The van der Waals surface area contributed by atoms with E-state index in [9.17, 15) is 4.79 Å². The molecule has 4 heteroatoms. The molecule has 1 amide bonds. The van der Waals surface area contributed by atoms with Crippen LogP contribution in [0, 0.1) is 5.92 Å². The predicted octanol–water partition coefficient (Wildman–Crippen LogP) is 3.29. The van der Waals surface area contributed by atoms with E-state index in [0.717, 1.165) is 19.5 Å². The summed E-state index contributed by atoms with van der Waals surface area (Å²) in [5.41, 5.74) is 5.20. The van der Waals surface area contributed by atoms with Gasteiger partial charge >= 0.3 is 0 Å². The zero-order valence-corrected chi connectivity index (χ0v) is 15.5. The second-order valence-electron chi connectivity index (χ2n) is 7.65. The maximum atomic E-state index is 13.1. The molecular weight excluding hydrogens is 310 g/mol. The molecule has 1 aliphatic carbocycles. The van der Waals surface area contributed by atoms with Crippen molar-refractivity contribution in [1.82, 2.24) is 14.8 Å². The maximum Gasteiger partial charge on any atom is 0.231 e. The molecule has 0 saturated heterocycles. The van der Waals surface area contributed by atoms with Crippen molar-refractivity contribution >= 4 is 22.4 Å². The molecule has 2 heterocycles. The molecule has 0 fully saturated rings. The lowest BCUT2D eigenvalue weighted by molar-refractivity contribution is -0.136. The number of carbonyl (C=O) groups excluding carboxylic acids is 1. The molecule has 1 N–H and O–H groups in total. The SMILES string of the molecule is CCN(C(=O)C1C=C2c3cccc4[nH]cc(c34)C[C@H]2N(C)C1)C(C)C. The van der Waals surface area contributed by atoms with Crippen LogP contribution in [0.5, 0.6) is 0 Å². The van der Waals surface area contributed by atoms with E-state index in [4.69, 9.17) is 0 Å². The minimum Gasteiger partial charge on any atom is -0.361 e. The van der Waals surface area contributed by atoms with E-state index in [-0.39, 0.29) is 17.9 Å². The summed E-state index contributed by atoms with van der Waals surface area (Å²) in [5.74, 6) is 0.191. The lowest BCUT2D eigenvalue weighted by atomic mass is 9.79. The highest BCUT2D eigenvalue weighted by Crippen LogP contribution is 2.40. The topological polar surface area (TPSA) is 39.3 Å². The molecule has 1 unspecified atom stereocenters. The van der Waals surface area contributed by atoms with Crippen molar-refractivity contribution < 1.29 is 4.79 Å². The molecule has 25 heavy (non-hydrogen) atoms. The summed E-state index contributed by atoms with van der Waals surface area (Å²) in [6.07, 6.45) is 5.41. The molecule has 0 bridgehead atoms. The van der Waals surface area contributed by atoms with Crippen LogP contribution in [0.25, 0.3) is 16.5 Å². The van der Waals surface area contributed by atoms with Crippen molar-refractivity contribution in [2.45, 2.75) is 39.3 Å². The Hall–Kier alpha value is -2.07. The second-order valence-corrected chi connectivity index (χ2v) is 7.65. The minimum atomic E-state index is -0.0608. The van der Waals surface area contributed by atoms with Gasteiger partial charge in [-0.2, -0.15) is 0 Å². The first-order valence-corrected chi connectivity index (χ1v) is 9.33. The van der Waals surface area contributed by atoms with Gasteiger partial charge in [0.05, 0.1) is 5.92 Å². The van der Waals surface area contributed by atoms with E-state index in [0.29, 0.717) is 6.04 Å². The number of hydrogen-bond acceptors (Lipinski definition) is 2. The summed E-state index contributed by atoms with van der Waals surface area (Å²) in [7, 11) is 2.15. The van der Waals surface area contributed by atoms with Crippen LogP contribution in [0.2, 0.25) is 0 Å². The fraction of sp³-hybridized carbons (Fsp3) is 0.476. The summed E-state index contributed by atoms with van der Waals surface area (Å²) in [4.78, 5) is 20.8. The Morgan fingerprint density at radius 2 is 2.20 bits per heavy atom. The van der Waals surface area contributed by atoms with Crippen LogP contribution < -0.4 is 0 Å². The van der Waals surface area contributed by atoms with Crippen LogP contribution in [0.15, 0.2) is 30.5 Å². The summed E-state index contributed by atoms with van der Waals surface area (Å²) >= 11 is 0. The average Bonchev–Trinajstić information content (AvgIpc) is 3.00. The maximum absolute atomic E-state index is 13.1. The second kappa shape index (κ2) is 6.03. The van der Waals surface area contributed by atoms with Crippen molar-refractivity contribution in [3.63, 3.8) is 0 Å². The first-order chi connectivity index (χ1) is 12.0. The van der Waals surface area contributed by atoms with Crippen LogP contribution in [-0.2, 0) is 11.2 Å². The first kappa shape index (κ1) is 16.4. The Morgan fingerprint density at radius 3 is 2.92 bits per heavy atom. The van der Waals surface area contributed by atoms with E-state index in [1.165, 1.54) is 27.6 Å². The van der Waals surface area contributed by atoms with E-state index < -0.39 is 0 Å². The Morgan fingerprint density at radius 1 is 1.40 bits per heavy atom. The molecule has 2 aromatic rings. The Kier molecular flexibility index (Phi) is 3.95. The van der Waals surface area contributed by atoms with Gasteiger partial charge in [0.15, 0.2) is 0 Å². The lowest BCUT2D eigenvalue weighted by Crippen LogP contribution is -2.49. The highest BCUT2D eigenvalue weighted by atomic mass is 16.2. The molecule has 0 saturated carbocycles. The highest BCUT2D eigenvalue weighted by molar-refractivity contribution is 5.99. The van der Waals surface area contributed by atoms with E-state index in [1.54, 1.807) is 0 Å². The number of carbonyl (C=O) groups is 1. The number of aromatic nitrogens is 1. The van der Waals surface area contributed by atoms with Gasteiger partial charge < -0.3 is 9.88 Å². The van der Waals surface area contributed by atoms with Gasteiger partial charge in [-0.15, -0.1) is 0 Å². The summed E-state index contributed by atoms with van der Waals surface area (Å²) in [5, 5.41) is 1.34. The van der Waals surface area contributed by atoms with Gasteiger partial charge in [0.1, 0.15) is 0 Å². The number of rotatable bonds is 3. The van der Waals surface area contributed by atoms with Crippen molar-refractivity contribution in [2.75, 3.05) is 20.1 Å². The Bertz CT molecular complexity index is 848. The number of hydrogen-bond donors (Lipinski definition) is 1. The number of aromatic amines is 1. The van der Waals surface area contributed by atoms with Gasteiger partial charge in [-0.3, -0.25) is 9.69 Å². The molecule has 0 radical (unpaired) electrons. The van der Waals surface area contributed by atoms with Crippen LogP contribution in [0.4, 0.5) is 0 Å². The Labute approximate surface area is 149 Å². The van der Waals surface area contributed by atoms with Crippen molar-refractivity contribution in [1.29, 1.82) is 0 Å². The molecule has 1 aromatic carbocycles. The van der Waals surface area contributed by atoms with Gasteiger partial charge in [-0.1, -0.05) is 18.2 Å². The molecule has 132 valence electrons. The fourth-order valence-corrected chi connectivity index (χ4v) is 4.59. The predicted molar refractivity (Wildman–Crippen MR) is 102 cm³/mol. The zero-order valence-electron chi connectivity index (χ0n) is 15.5. The van der Waals surface area contributed by atoms with E-state index in [2.05, 4.69) is 68.2 Å². The molecule has 4 rings (SSSR count). The van der Waals surface area contributed by atoms with E-state index in [1.807, 2.05) is 4.90 Å². The molecular formula is C21H27N3O. The van der Waals surface area contributed by atoms with E-state index >= 15 is 0 Å². The molecule has 0 spiro atoms. The lowest BCUT2D eigenvalue weighted by Gasteiger charge is -2.41. The van der Waals surface area contributed by atoms with Gasteiger partial charge in [0.25, 0.3) is 0 Å². The summed E-state index contributed by atoms with van der Waals surface area (Å²) < 4.78 is 0. The van der Waals surface area contributed by atoms with Gasteiger partial charge in [0.2, 0.25) is 5.91 Å². The van der Waals surface area contributed by atoms with Gasteiger partial charge in [-0.05, 0) is 57.0 Å². The molecule has 4 nitrogen and oxygen atoms in total. The smallest absolute Gasteiger partial charge is 0.231 e. The van der Waals surface area contributed by atoms with Crippen molar-refractivity contribution in [3.05, 3.63) is 41.6 Å². The van der Waals surface area contributed by atoms with Crippen LogP contribution in [0.3, 0.4) is 0 Å². The largest absolute Gasteiger partial charge is 0.361 e. The highest BCUT2D eigenvalue weighted by Gasteiger charge is 2.36. The third-order valence-electron chi connectivity index (χ3n) is 5.83. The first-order valence-electron chi connectivity index (χ1n) is 9.33. The number of benzene rings is 1. The zero-order chi connectivity index (χ0) is 17.7. The quantitative estimate of drug-likeness (QED) is 0.933. The van der Waals surface area contributed by atoms with Crippen LogP contribution >= 0.6 is 0 Å². The number of nitrogens with one attached hydrogen (secondary N) is 1. The number of fused-ring (bicyclic) bond motifs is 2.